The van der Waals surface area contributed by atoms with E-state index < -0.39 is 0 Å². The fourth-order valence-electron chi connectivity index (χ4n) is 2.43. The molecule has 0 saturated carbocycles. The van der Waals surface area contributed by atoms with Crippen molar-refractivity contribution in [3.05, 3.63) is 89.7 Å². The first-order chi connectivity index (χ1) is 10.7. The molecule has 1 unspecified atom stereocenters. The summed E-state index contributed by atoms with van der Waals surface area (Å²) in [4.78, 5) is 0. The van der Waals surface area contributed by atoms with E-state index in [2.05, 4.69) is 73.8 Å². The maximum absolute atomic E-state index is 3.51. The molecular formula is C21H25N. The van der Waals surface area contributed by atoms with Gasteiger partial charge in [-0.2, -0.15) is 0 Å². The van der Waals surface area contributed by atoms with Crippen LogP contribution in [0, 0.1) is 19.8 Å². The molecule has 0 saturated heterocycles. The van der Waals surface area contributed by atoms with Crippen LogP contribution in [0.15, 0.2) is 78.6 Å². The standard InChI is InChI=1S/C21H25N/c1-4-5-6-7-8-9-19-11-13-20(14-12-19)22-21-15-10-17(2)16-18(21)3/h4-11,13-16,19,22H,12H2,1-3H3/b5-4-,7-6-,9-8+. The first-order valence-electron chi connectivity index (χ1n) is 7.88. The van der Waals surface area contributed by atoms with Gasteiger partial charge in [0.1, 0.15) is 0 Å². The average Bonchev–Trinajstić information content (AvgIpc) is 2.51. The molecule has 1 aromatic rings. The van der Waals surface area contributed by atoms with Crippen LogP contribution in [0.2, 0.25) is 0 Å². The molecule has 114 valence electrons. The third-order valence-corrected chi connectivity index (χ3v) is 3.68. The largest absolute Gasteiger partial charge is 0.356 e. The highest BCUT2D eigenvalue weighted by Gasteiger charge is 2.06. The molecule has 1 heteroatoms. The molecule has 0 amide bonds. The Morgan fingerprint density at radius 3 is 2.59 bits per heavy atom. The number of rotatable bonds is 5. The maximum Gasteiger partial charge on any atom is 0.0414 e. The zero-order valence-electron chi connectivity index (χ0n) is 13.7. The molecule has 0 bridgehead atoms. The van der Waals surface area contributed by atoms with Crippen molar-refractivity contribution in [3.63, 3.8) is 0 Å². The highest BCUT2D eigenvalue weighted by atomic mass is 14.9. The maximum atomic E-state index is 3.51. The first-order valence-corrected chi connectivity index (χ1v) is 7.88. The molecule has 1 N–H and O–H groups in total. The Morgan fingerprint density at radius 2 is 1.91 bits per heavy atom. The SMILES string of the molecule is C\C=C/C=C\C=C\C1C=CC(Nc2ccc(C)cc2C)=CC1. The van der Waals surface area contributed by atoms with Crippen LogP contribution in [-0.4, -0.2) is 0 Å². The van der Waals surface area contributed by atoms with Crippen LogP contribution in [0.1, 0.15) is 24.5 Å². The number of aryl methyl sites for hydroxylation is 2. The van der Waals surface area contributed by atoms with Gasteiger partial charge in [0.05, 0.1) is 0 Å². The Kier molecular flexibility index (Phi) is 6.02. The molecule has 22 heavy (non-hydrogen) atoms. The van der Waals surface area contributed by atoms with Crippen LogP contribution in [-0.2, 0) is 0 Å². The molecule has 1 aliphatic carbocycles. The highest BCUT2D eigenvalue weighted by Crippen LogP contribution is 2.22. The van der Waals surface area contributed by atoms with Gasteiger partial charge >= 0.3 is 0 Å². The Morgan fingerprint density at radius 1 is 1.09 bits per heavy atom. The predicted molar refractivity (Wildman–Crippen MR) is 98.0 cm³/mol. The molecule has 0 fully saturated rings. The number of benzene rings is 1. The molecule has 1 atom stereocenters. The molecule has 0 aliphatic heterocycles. The minimum absolute atomic E-state index is 0.486. The highest BCUT2D eigenvalue weighted by molar-refractivity contribution is 5.57. The van der Waals surface area contributed by atoms with Crippen LogP contribution in [0.3, 0.4) is 0 Å². The van der Waals surface area contributed by atoms with Gasteiger partial charge in [-0.1, -0.05) is 66.3 Å². The van der Waals surface area contributed by atoms with Gasteiger partial charge in [0.2, 0.25) is 0 Å². The molecule has 2 rings (SSSR count). The van der Waals surface area contributed by atoms with Crippen LogP contribution >= 0.6 is 0 Å². The topological polar surface area (TPSA) is 12.0 Å². The molecule has 0 radical (unpaired) electrons. The summed E-state index contributed by atoms with van der Waals surface area (Å²) in [6, 6.07) is 6.50. The molecular weight excluding hydrogens is 266 g/mol. The van der Waals surface area contributed by atoms with Crippen molar-refractivity contribution in [2.45, 2.75) is 27.2 Å². The average molecular weight is 291 g/mol. The van der Waals surface area contributed by atoms with Gasteiger partial charge in [-0.05, 0) is 50.8 Å². The summed E-state index contributed by atoms with van der Waals surface area (Å²) in [5.74, 6) is 0.486. The van der Waals surface area contributed by atoms with Crippen molar-refractivity contribution < 1.29 is 0 Å². The van der Waals surface area contributed by atoms with E-state index >= 15 is 0 Å². The van der Waals surface area contributed by atoms with Gasteiger partial charge in [-0.25, -0.2) is 0 Å². The van der Waals surface area contributed by atoms with E-state index in [4.69, 9.17) is 0 Å². The summed E-state index contributed by atoms with van der Waals surface area (Å²) >= 11 is 0. The van der Waals surface area contributed by atoms with E-state index in [1.807, 2.05) is 25.2 Å². The van der Waals surface area contributed by atoms with E-state index in [1.165, 1.54) is 22.5 Å². The van der Waals surface area contributed by atoms with E-state index in [0.717, 1.165) is 6.42 Å². The van der Waals surface area contributed by atoms with E-state index in [-0.39, 0.29) is 0 Å². The number of allylic oxidation sites excluding steroid dienone is 9. The van der Waals surface area contributed by atoms with Crippen LogP contribution in [0.4, 0.5) is 5.69 Å². The minimum Gasteiger partial charge on any atom is -0.356 e. The minimum atomic E-state index is 0.486. The van der Waals surface area contributed by atoms with Crippen molar-refractivity contribution in [3.8, 4) is 0 Å². The Bertz CT molecular complexity index is 642. The third-order valence-electron chi connectivity index (χ3n) is 3.68. The Labute approximate surface area is 134 Å². The van der Waals surface area contributed by atoms with Crippen molar-refractivity contribution in [2.75, 3.05) is 5.32 Å². The summed E-state index contributed by atoms with van der Waals surface area (Å²) in [5.41, 5.74) is 4.95. The number of hydrogen-bond acceptors (Lipinski definition) is 1. The smallest absolute Gasteiger partial charge is 0.0414 e. The second-order valence-corrected chi connectivity index (χ2v) is 5.66. The fourth-order valence-corrected chi connectivity index (χ4v) is 2.43. The second kappa shape index (κ2) is 8.23. The lowest BCUT2D eigenvalue weighted by molar-refractivity contribution is 0.814. The first kappa shape index (κ1) is 16.1. The molecule has 1 aromatic carbocycles. The Hall–Kier alpha value is -2.28. The summed E-state index contributed by atoms with van der Waals surface area (Å²) in [7, 11) is 0. The van der Waals surface area contributed by atoms with Gasteiger partial charge in [0.15, 0.2) is 0 Å². The van der Waals surface area contributed by atoms with E-state index in [9.17, 15) is 0 Å². The van der Waals surface area contributed by atoms with Crippen LogP contribution < -0.4 is 5.32 Å². The fraction of sp³-hybridized carbons (Fsp3) is 0.238. The van der Waals surface area contributed by atoms with Crippen molar-refractivity contribution in [2.24, 2.45) is 5.92 Å². The predicted octanol–water partition coefficient (Wildman–Crippen LogP) is 5.86. The summed E-state index contributed by atoms with van der Waals surface area (Å²) in [6.07, 6.45) is 20.3. The lowest BCUT2D eigenvalue weighted by atomic mass is 9.98. The van der Waals surface area contributed by atoms with Crippen molar-refractivity contribution in [1.29, 1.82) is 0 Å². The van der Waals surface area contributed by atoms with E-state index in [0.29, 0.717) is 5.92 Å². The van der Waals surface area contributed by atoms with Crippen LogP contribution in [0.5, 0.6) is 0 Å². The Balaban J connectivity index is 1.91. The van der Waals surface area contributed by atoms with Gasteiger partial charge in [0.25, 0.3) is 0 Å². The summed E-state index contributed by atoms with van der Waals surface area (Å²) in [5, 5.41) is 3.51. The molecule has 0 aromatic heterocycles. The van der Waals surface area contributed by atoms with Gasteiger partial charge in [-0.3, -0.25) is 0 Å². The van der Waals surface area contributed by atoms with E-state index in [1.54, 1.807) is 0 Å². The third kappa shape index (κ3) is 4.92. The molecule has 1 aliphatic rings. The second-order valence-electron chi connectivity index (χ2n) is 5.66. The van der Waals surface area contributed by atoms with Crippen LogP contribution in [0.25, 0.3) is 0 Å². The van der Waals surface area contributed by atoms with Gasteiger partial charge in [-0.15, -0.1) is 0 Å². The quantitative estimate of drug-likeness (QED) is 0.670. The number of nitrogens with one attached hydrogen (secondary N) is 1. The summed E-state index contributed by atoms with van der Waals surface area (Å²) < 4.78 is 0. The lowest BCUT2D eigenvalue weighted by Crippen LogP contribution is -2.04. The van der Waals surface area contributed by atoms with Gasteiger partial charge < -0.3 is 5.32 Å². The van der Waals surface area contributed by atoms with Crippen molar-refractivity contribution >= 4 is 5.69 Å². The monoisotopic (exact) mass is 291 g/mol. The molecule has 0 heterocycles. The molecule has 1 nitrogen and oxygen atoms in total. The summed E-state index contributed by atoms with van der Waals surface area (Å²) in [6.45, 7) is 6.29. The zero-order valence-corrected chi connectivity index (χ0v) is 13.7. The number of hydrogen-bond donors (Lipinski definition) is 1. The zero-order chi connectivity index (χ0) is 15.8. The lowest BCUT2D eigenvalue weighted by Gasteiger charge is -2.16. The molecule has 0 spiro atoms. The van der Waals surface area contributed by atoms with Gasteiger partial charge in [0, 0.05) is 11.4 Å². The van der Waals surface area contributed by atoms with Crippen molar-refractivity contribution in [1.82, 2.24) is 0 Å². The number of anilines is 1. The normalized spacial score (nSPS) is 18.5.